The molecule has 3 heterocycles. The van der Waals surface area contributed by atoms with Crippen LogP contribution in [0.15, 0.2) is 70.3 Å². The van der Waals surface area contributed by atoms with Crippen LogP contribution in [0.25, 0.3) is 11.8 Å². The van der Waals surface area contributed by atoms with Gasteiger partial charge < -0.3 is 9.30 Å². The van der Waals surface area contributed by atoms with Gasteiger partial charge in [-0.25, -0.2) is 0 Å². The Morgan fingerprint density at radius 2 is 1.74 bits per heavy atom. The Labute approximate surface area is 208 Å². The lowest BCUT2D eigenvalue weighted by atomic mass is 10.1. The van der Waals surface area contributed by atoms with Gasteiger partial charge in [-0.3, -0.25) is 10.2 Å². The molecule has 5 rings (SSSR count). The number of para-hydroxylation sites is 1. The number of hydrazone groups is 1. The van der Waals surface area contributed by atoms with Crippen LogP contribution in [0.1, 0.15) is 28.1 Å². The Balaban J connectivity index is 1.42. The molecule has 7 nitrogen and oxygen atoms in total. The number of hydrogen-bond donors (Lipinski definition) is 1. The second-order valence-corrected chi connectivity index (χ2v) is 9.66. The second-order valence-electron chi connectivity index (χ2n) is 8.62. The number of carbonyl (C=O) groups is 1. The van der Waals surface area contributed by atoms with Gasteiger partial charge >= 0.3 is 0 Å². The van der Waals surface area contributed by atoms with E-state index in [0.717, 1.165) is 28.4 Å². The number of aliphatic imine (C=N–C) groups is 1. The first kappa shape index (κ1) is 22.9. The van der Waals surface area contributed by atoms with E-state index in [4.69, 9.17) is 10.1 Å². The van der Waals surface area contributed by atoms with Gasteiger partial charge in [0.15, 0.2) is 5.84 Å². The van der Waals surface area contributed by atoms with E-state index in [1.807, 2.05) is 50.2 Å². The zero-order valence-electron chi connectivity index (χ0n) is 20.0. The van der Waals surface area contributed by atoms with Crippen molar-refractivity contribution in [3.63, 3.8) is 0 Å². The molecule has 0 bridgehead atoms. The Morgan fingerprint density at radius 3 is 2.46 bits per heavy atom. The quantitative estimate of drug-likeness (QED) is 0.492. The lowest BCUT2D eigenvalue weighted by Gasteiger charge is -2.20. The highest BCUT2D eigenvalue weighted by molar-refractivity contribution is 8.27. The Morgan fingerprint density at radius 1 is 1.03 bits per heavy atom. The maximum absolute atomic E-state index is 12.9. The molecule has 2 aliphatic rings. The molecule has 0 spiro atoms. The molecule has 0 saturated carbocycles. The summed E-state index contributed by atoms with van der Waals surface area (Å²) in [6.07, 6.45) is 1.74. The number of aryl methyl sites for hydroxylation is 3. The summed E-state index contributed by atoms with van der Waals surface area (Å²) in [5.74, 6) is 0.303. The van der Waals surface area contributed by atoms with Crippen LogP contribution < -0.4 is 4.74 Å². The first-order valence-electron chi connectivity index (χ1n) is 11.2. The van der Waals surface area contributed by atoms with Crippen LogP contribution in [-0.4, -0.2) is 38.1 Å². The molecular weight excluding hydrogens is 458 g/mol. The molecule has 0 atom stereocenters. The predicted molar refractivity (Wildman–Crippen MR) is 142 cm³/mol. The van der Waals surface area contributed by atoms with Crippen molar-refractivity contribution in [1.29, 1.82) is 5.41 Å². The van der Waals surface area contributed by atoms with Crippen LogP contribution in [0.2, 0.25) is 0 Å². The minimum Gasteiger partial charge on any atom is -0.487 e. The normalized spacial score (nSPS) is 16.5. The van der Waals surface area contributed by atoms with Crippen molar-refractivity contribution in [2.45, 2.75) is 27.7 Å². The molecule has 1 aromatic heterocycles. The van der Waals surface area contributed by atoms with Crippen LogP contribution in [0.3, 0.4) is 0 Å². The van der Waals surface area contributed by atoms with Gasteiger partial charge in [-0.1, -0.05) is 24.3 Å². The van der Waals surface area contributed by atoms with Crippen molar-refractivity contribution in [1.82, 2.24) is 9.58 Å². The fourth-order valence-corrected chi connectivity index (χ4v) is 5.12. The summed E-state index contributed by atoms with van der Waals surface area (Å²) in [6, 6.07) is 17.9. The second kappa shape index (κ2) is 9.03. The van der Waals surface area contributed by atoms with E-state index in [1.54, 1.807) is 6.08 Å². The van der Waals surface area contributed by atoms with E-state index in [2.05, 4.69) is 46.7 Å². The number of nitrogens with one attached hydrogen (secondary N) is 1. The fourth-order valence-electron chi connectivity index (χ4n) is 4.32. The average molecular weight is 484 g/mol. The van der Waals surface area contributed by atoms with Gasteiger partial charge in [0, 0.05) is 17.1 Å². The summed E-state index contributed by atoms with van der Waals surface area (Å²) in [5.41, 5.74) is 6.59. The minimum atomic E-state index is -0.439. The molecule has 1 amide bonds. The van der Waals surface area contributed by atoms with Gasteiger partial charge in [-0.05, 0) is 92.6 Å². The zero-order valence-corrected chi connectivity index (χ0v) is 20.8. The summed E-state index contributed by atoms with van der Waals surface area (Å²) in [5, 5.41) is 15.6. The molecule has 2 aromatic carbocycles. The Hall–Kier alpha value is -3.91. The number of hydrogen-bond acceptors (Lipinski definition) is 5. The third kappa shape index (κ3) is 4.44. The first-order chi connectivity index (χ1) is 16.8. The van der Waals surface area contributed by atoms with E-state index >= 15 is 0 Å². The Kier molecular flexibility index (Phi) is 5.90. The van der Waals surface area contributed by atoms with Crippen LogP contribution in [0.5, 0.6) is 5.75 Å². The van der Waals surface area contributed by atoms with Crippen molar-refractivity contribution in [3.8, 4) is 11.4 Å². The lowest BCUT2D eigenvalue weighted by Crippen LogP contribution is -2.35. The largest absolute Gasteiger partial charge is 0.487 e. The standard InChI is InChI=1S/C27H25N5O2S/c1-16-10-17(2)12-21(11-16)31-18(3)13-20(19(31)4)14-23-25(28)32-27(29-26(23)33)35-24(30-32)15-34-22-8-6-5-7-9-22/h5-14,28H,15H2,1-4H3/b23-14+,28-25?. The topological polar surface area (TPSA) is 83.0 Å². The first-order valence-corrected chi connectivity index (χ1v) is 12.1. The smallest absolute Gasteiger partial charge is 0.283 e. The highest BCUT2D eigenvalue weighted by atomic mass is 32.2. The molecule has 2 aliphatic heterocycles. The number of rotatable bonds is 5. The number of amides is 1. The molecule has 0 fully saturated rings. The molecule has 0 radical (unpaired) electrons. The highest BCUT2D eigenvalue weighted by Crippen LogP contribution is 2.30. The minimum absolute atomic E-state index is 0.0124. The van der Waals surface area contributed by atoms with E-state index in [-0.39, 0.29) is 18.0 Å². The zero-order chi connectivity index (χ0) is 24.7. The number of nitrogens with zero attached hydrogens (tertiary/aromatic N) is 4. The highest BCUT2D eigenvalue weighted by Gasteiger charge is 2.36. The predicted octanol–water partition coefficient (Wildman–Crippen LogP) is 5.41. The number of amidine groups is 2. The van der Waals surface area contributed by atoms with Gasteiger partial charge in [-0.15, -0.1) is 0 Å². The number of ether oxygens (including phenoxy) is 1. The van der Waals surface area contributed by atoms with Crippen LogP contribution in [-0.2, 0) is 4.79 Å². The van der Waals surface area contributed by atoms with Gasteiger partial charge in [0.1, 0.15) is 17.4 Å². The Bertz CT molecular complexity index is 1430. The molecule has 176 valence electrons. The van der Waals surface area contributed by atoms with E-state index in [0.29, 0.717) is 10.2 Å². The molecule has 3 aromatic rings. The monoisotopic (exact) mass is 483 g/mol. The van der Waals surface area contributed by atoms with E-state index in [9.17, 15) is 4.79 Å². The molecule has 8 heteroatoms. The van der Waals surface area contributed by atoms with Gasteiger partial charge in [0.25, 0.3) is 5.91 Å². The lowest BCUT2D eigenvalue weighted by molar-refractivity contribution is -0.114. The summed E-state index contributed by atoms with van der Waals surface area (Å²) in [7, 11) is 0. The molecule has 0 unspecified atom stereocenters. The SMILES string of the molecule is Cc1cc(C)cc(-n2c(C)cc(/C=C3\C(=N)N4N=C(COc5ccccc5)SC4=NC3=O)c2C)c1. The molecule has 35 heavy (non-hydrogen) atoms. The van der Waals surface area contributed by atoms with Crippen molar-refractivity contribution in [3.05, 3.63) is 88.2 Å². The van der Waals surface area contributed by atoms with Crippen LogP contribution in [0.4, 0.5) is 0 Å². The molecular formula is C27H25N5O2S. The maximum Gasteiger partial charge on any atom is 0.283 e. The summed E-state index contributed by atoms with van der Waals surface area (Å²) < 4.78 is 7.93. The van der Waals surface area contributed by atoms with Gasteiger partial charge in [0.2, 0.25) is 5.17 Å². The van der Waals surface area contributed by atoms with Gasteiger partial charge in [0.05, 0.1) is 5.57 Å². The molecule has 0 saturated heterocycles. The fraction of sp³-hybridized carbons (Fsp3) is 0.185. The van der Waals surface area contributed by atoms with Crippen molar-refractivity contribution in [2.75, 3.05) is 6.61 Å². The van der Waals surface area contributed by atoms with Gasteiger partial charge in [-0.2, -0.15) is 15.1 Å². The number of benzene rings is 2. The number of carbonyl (C=O) groups excluding carboxylic acids is 1. The van der Waals surface area contributed by atoms with E-state index in [1.165, 1.54) is 27.9 Å². The van der Waals surface area contributed by atoms with E-state index < -0.39 is 5.91 Å². The molecule has 1 N–H and O–H groups in total. The van der Waals surface area contributed by atoms with Crippen LogP contribution in [0, 0.1) is 33.1 Å². The summed E-state index contributed by atoms with van der Waals surface area (Å²) in [4.78, 5) is 17.1. The van der Waals surface area contributed by atoms with Crippen LogP contribution >= 0.6 is 11.8 Å². The summed E-state index contributed by atoms with van der Waals surface area (Å²) >= 11 is 1.25. The van der Waals surface area contributed by atoms with Crippen molar-refractivity contribution >= 4 is 39.8 Å². The summed E-state index contributed by atoms with van der Waals surface area (Å²) in [6.45, 7) is 8.46. The average Bonchev–Trinajstić information content (AvgIpc) is 3.35. The number of aromatic nitrogens is 1. The number of thioether (sulfide) groups is 1. The van der Waals surface area contributed by atoms with Crippen molar-refractivity contribution < 1.29 is 9.53 Å². The third-order valence-corrected chi connectivity index (χ3v) is 6.72. The maximum atomic E-state index is 12.9. The third-order valence-electron chi connectivity index (χ3n) is 5.84. The van der Waals surface area contributed by atoms with Crippen molar-refractivity contribution in [2.24, 2.45) is 10.1 Å². The molecule has 0 aliphatic carbocycles. The number of fused-ring (bicyclic) bond motifs is 1.